The van der Waals surface area contributed by atoms with Crippen LogP contribution in [0.3, 0.4) is 0 Å². The van der Waals surface area contributed by atoms with Crippen LogP contribution in [0, 0.1) is 0 Å². The summed E-state index contributed by atoms with van der Waals surface area (Å²) in [4.78, 5) is 35.6. The van der Waals surface area contributed by atoms with E-state index in [0.29, 0.717) is 23.6 Å². The smallest absolute Gasteiger partial charge is 0.330 e. The van der Waals surface area contributed by atoms with Crippen molar-refractivity contribution in [2.45, 2.75) is 13.5 Å². The standard InChI is InChI=1S/C16H19N3O4/c1-4-23-13-7-5-11(6-8-13)15(21)17-10-12-9-14(20)19(3)16(22)18(12)2/h5-9H,4,10H2,1-3H3,(H,17,21). The summed E-state index contributed by atoms with van der Waals surface area (Å²) in [7, 11) is 2.97. The molecule has 1 aromatic heterocycles. The molecule has 0 bridgehead atoms. The predicted molar refractivity (Wildman–Crippen MR) is 85.7 cm³/mol. The van der Waals surface area contributed by atoms with Gasteiger partial charge in [0, 0.05) is 31.4 Å². The number of nitrogens with one attached hydrogen (secondary N) is 1. The van der Waals surface area contributed by atoms with Crippen molar-refractivity contribution in [3.63, 3.8) is 0 Å². The highest BCUT2D eigenvalue weighted by Crippen LogP contribution is 2.12. The van der Waals surface area contributed by atoms with Crippen molar-refractivity contribution >= 4 is 5.91 Å². The van der Waals surface area contributed by atoms with Crippen molar-refractivity contribution in [3.8, 4) is 5.75 Å². The molecule has 0 unspecified atom stereocenters. The summed E-state index contributed by atoms with van der Waals surface area (Å²) in [5.74, 6) is 0.402. The topological polar surface area (TPSA) is 82.3 Å². The van der Waals surface area contributed by atoms with Crippen LogP contribution >= 0.6 is 0 Å². The van der Waals surface area contributed by atoms with Gasteiger partial charge in [-0.3, -0.25) is 18.7 Å². The summed E-state index contributed by atoms with van der Waals surface area (Å²) in [6.45, 7) is 2.53. The highest BCUT2D eigenvalue weighted by molar-refractivity contribution is 5.94. The molecule has 1 aromatic carbocycles. The van der Waals surface area contributed by atoms with Crippen molar-refractivity contribution < 1.29 is 9.53 Å². The van der Waals surface area contributed by atoms with E-state index in [2.05, 4.69) is 5.32 Å². The lowest BCUT2D eigenvalue weighted by atomic mass is 10.2. The summed E-state index contributed by atoms with van der Waals surface area (Å²) in [6, 6.07) is 8.07. The molecule has 7 heteroatoms. The summed E-state index contributed by atoms with van der Waals surface area (Å²) in [5.41, 5.74) is 0.0842. The Hall–Kier alpha value is -2.83. The highest BCUT2D eigenvalue weighted by Gasteiger charge is 2.09. The largest absolute Gasteiger partial charge is 0.494 e. The lowest BCUT2D eigenvalue weighted by molar-refractivity contribution is 0.0950. The summed E-state index contributed by atoms with van der Waals surface area (Å²) >= 11 is 0. The van der Waals surface area contributed by atoms with Crippen LogP contribution in [-0.4, -0.2) is 21.6 Å². The number of carbonyl (C=O) groups is 1. The third-order valence-electron chi connectivity index (χ3n) is 3.48. The molecular weight excluding hydrogens is 298 g/mol. The number of nitrogens with zero attached hydrogens (tertiary/aromatic N) is 2. The van der Waals surface area contributed by atoms with E-state index in [1.807, 2.05) is 6.92 Å². The number of amides is 1. The van der Waals surface area contributed by atoms with Crippen LogP contribution in [0.15, 0.2) is 39.9 Å². The van der Waals surface area contributed by atoms with Crippen molar-refractivity contribution in [1.29, 1.82) is 0 Å². The zero-order chi connectivity index (χ0) is 17.0. The van der Waals surface area contributed by atoms with E-state index in [-0.39, 0.29) is 12.5 Å². The molecule has 1 heterocycles. The first-order valence-electron chi connectivity index (χ1n) is 7.21. The second kappa shape index (κ2) is 6.95. The molecule has 0 atom stereocenters. The minimum absolute atomic E-state index is 0.0911. The molecule has 1 amide bonds. The minimum atomic E-state index is -0.428. The molecule has 0 aliphatic rings. The van der Waals surface area contributed by atoms with E-state index in [0.717, 1.165) is 4.57 Å². The zero-order valence-electron chi connectivity index (χ0n) is 13.3. The lowest BCUT2D eigenvalue weighted by Crippen LogP contribution is -2.39. The fourth-order valence-corrected chi connectivity index (χ4v) is 2.09. The summed E-state index contributed by atoms with van der Waals surface area (Å²) < 4.78 is 7.66. The Labute approximate surface area is 133 Å². The summed E-state index contributed by atoms with van der Waals surface area (Å²) in [6.07, 6.45) is 0. The van der Waals surface area contributed by atoms with Crippen LogP contribution in [-0.2, 0) is 20.6 Å². The van der Waals surface area contributed by atoms with E-state index in [4.69, 9.17) is 4.74 Å². The number of rotatable bonds is 5. The van der Waals surface area contributed by atoms with Gasteiger partial charge in [-0.15, -0.1) is 0 Å². The van der Waals surface area contributed by atoms with Crippen LogP contribution in [0.5, 0.6) is 5.75 Å². The van der Waals surface area contributed by atoms with E-state index < -0.39 is 11.2 Å². The Morgan fingerprint density at radius 3 is 2.39 bits per heavy atom. The SMILES string of the molecule is CCOc1ccc(C(=O)NCc2cc(=O)n(C)c(=O)n2C)cc1. The van der Waals surface area contributed by atoms with Gasteiger partial charge in [-0.2, -0.15) is 0 Å². The third-order valence-corrected chi connectivity index (χ3v) is 3.48. The summed E-state index contributed by atoms with van der Waals surface area (Å²) in [5, 5.41) is 2.69. The number of benzene rings is 1. The maximum atomic E-state index is 12.1. The van der Waals surface area contributed by atoms with Gasteiger partial charge in [-0.05, 0) is 31.2 Å². The van der Waals surface area contributed by atoms with E-state index in [1.165, 1.54) is 17.7 Å². The molecule has 0 saturated heterocycles. The molecule has 0 saturated carbocycles. The van der Waals surface area contributed by atoms with Gasteiger partial charge in [0.1, 0.15) is 5.75 Å². The molecular formula is C16H19N3O4. The van der Waals surface area contributed by atoms with Crippen molar-refractivity contribution in [3.05, 3.63) is 62.4 Å². The van der Waals surface area contributed by atoms with E-state index in [1.54, 1.807) is 31.3 Å². The second-order valence-electron chi connectivity index (χ2n) is 5.01. The predicted octanol–water partition coefficient (Wildman–Crippen LogP) is 0.413. The van der Waals surface area contributed by atoms with Crippen LogP contribution in [0.2, 0.25) is 0 Å². The van der Waals surface area contributed by atoms with Crippen molar-refractivity contribution in [2.24, 2.45) is 14.1 Å². The van der Waals surface area contributed by atoms with Crippen LogP contribution < -0.4 is 21.3 Å². The Bertz CT molecular complexity index is 819. The number of aromatic nitrogens is 2. The van der Waals surface area contributed by atoms with Gasteiger partial charge in [0.05, 0.1) is 13.2 Å². The Morgan fingerprint density at radius 2 is 1.78 bits per heavy atom. The quantitative estimate of drug-likeness (QED) is 0.866. The van der Waals surface area contributed by atoms with Gasteiger partial charge in [0.15, 0.2) is 0 Å². The van der Waals surface area contributed by atoms with Gasteiger partial charge in [-0.1, -0.05) is 0 Å². The van der Waals surface area contributed by atoms with Crippen LogP contribution in [0.1, 0.15) is 23.0 Å². The molecule has 0 fully saturated rings. The third kappa shape index (κ3) is 3.68. The van der Waals surface area contributed by atoms with Gasteiger partial charge < -0.3 is 10.1 Å². The Kier molecular flexibility index (Phi) is 5.00. The normalized spacial score (nSPS) is 10.4. The molecule has 0 aliphatic heterocycles. The van der Waals surface area contributed by atoms with Crippen LogP contribution in [0.25, 0.3) is 0 Å². The molecule has 0 aliphatic carbocycles. The lowest BCUT2D eigenvalue weighted by Gasteiger charge is -2.11. The molecule has 2 aromatic rings. The average Bonchev–Trinajstić information content (AvgIpc) is 2.55. The van der Waals surface area contributed by atoms with Crippen molar-refractivity contribution in [1.82, 2.24) is 14.5 Å². The number of ether oxygens (including phenoxy) is 1. The maximum absolute atomic E-state index is 12.1. The van der Waals surface area contributed by atoms with Crippen molar-refractivity contribution in [2.75, 3.05) is 6.61 Å². The van der Waals surface area contributed by atoms with Crippen LogP contribution in [0.4, 0.5) is 0 Å². The first kappa shape index (κ1) is 16.5. The number of hydrogen-bond acceptors (Lipinski definition) is 4. The highest BCUT2D eigenvalue weighted by atomic mass is 16.5. The van der Waals surface area contributed by atoms with E-state index >= 15 is 0 Å². The fourth-order valence-electron chi connectivity index (χ4n) is 2.09. The molecule has 1 N–H and O–H groups in total. The van der Waals surface area contributed by atoms with E-state index in [9.17, 15) is 14.4 Å². The van der Waals surface area contributed by atoms with Gasteiger partial charge in [0.2, 0.25) is 0 Å². The molecule has 7 nitrogen and oxygen atoms in total. The second-order valence-corrected chi connectivity index (χ2v) is 5.01. The molecule has 0 radical (unpaired) electrons. The monoisotopic (exact) mass is 317 g/mol. The van der Waals surface area contributed by atoms with Gasteiger partial charge in [0.25, 0.3) is 11.5 Å². The Morgan fingerprint density at radius 1 is 1.13 bits per heavy atom. The molecule has 122 valence electrons. The number of carbonyl (C=O) groups excluding carboxylic acids is 1. The minimum Gasteiger partial charge on any atom is -0.494 e. The molecule has 23 heavy (non-hydrogen) atoms. The first-order chi connectivity index (χ1) is 10.9. The Balaban J connectivity index is 2.10. The van der Waals surface area contributed by atoms with Gasteiger partial charge in [-0.25, -0.2) is 4.79 Å². The molecule has 2 rings (SSSR count). The maximum Gasteiger partial charge on any atom is 0.330 e. The zero-order valence-corrected chi connectivity index (χ0v) is 13.3. The first-order valence-corrected chi connectivity index (χ1v) is 7.21. The number of hydrogen-bond donors (Lipinski definition) is 1. The average molecular weight is 317 g/mol. The van der Waals surface area contributed by atoms with Gasteiger partial charge >= 0.3 is 5.69 Å². The molecule has 0 spiro atoms. The fraction of sp³-hybridized carbons (Fsp3) is 0.312.